The summed E-state index contributed by atoms with van der Waals surface area (Å²) in [5.74, 6) is -1.29. The Labute approximate surface area is 172 Å². The number of carboxylic acids is 1. The number of fused-ring (bicyclic) bond motifs is 1. The van der Waals surface area contributed by atoms with E-state index >= 15 is 0 Å². The van der Waals surface area contributed by atoms with Crippen molar-refractivity contribution >= 4 is 16.4 Å². The van der Waals surface area contributed by atoms with E-state index in [1.807, 2.05) is 0 Å². The van der Waals surface area contributed by atoms with Gasteiger partial charge in [0.05, 0.1) is 5.56 Å². The van der Waals surface area contributed by atoms with Crippen molar-refractivity contribution in [1.29, 1.82) is 0 Å². The van der Waals surface area contributed by atoms with Crippen molar-refractivity contribution in [1.82, 2.24) is 0 Å². The van der Waals surface area contributed by atoms with Crippen LogP contribution in [0.4, 0.5) is 0 Å². The molecule has 29 heavy (non-hydrogen) atoms. The fourth-order valence-electron chi connectivity index (χ4n) is 3.48. The topological polar surface area (TPSA) is 101 Å². The third-order valence-electron chi connectivity index (χ3n) is 5.31. The van der Waals surface area contributed by atoms with Crippen LogP contribution in [0.1, 0.15) is 67.6 Å². The largest absolute Gasteiger partial charge is 0.478 e. The van der Waals surface area contributed by atoms with Gasteiger partial charge in [-0.2, -0.15) is 8.42 Å². The molecule has 0 saturated carbocycles. The molecule has 0 aliphatic heterocycles. The predicted octanol–water partition coefficient (Wildman–Crippen LogP) is 4.91. The molecule has 0 atom stereocenters. The van der Waals surface area contributed by atoms with Crippen LogP contribution in [0.15, 0.2) is 42.5 Å². The number of aromatic carboxylic acids is 1. The third kappa shape index (κ3) is 6.05. The molecule has 0 heterocycles. The van der Waals surface area contributed by atoms with Crippen LogP contribution in [-0.4, -0.2) is 24.0 Å². The maximum Gasteiger partial charge on any atom is 0.446 e. The number of hydrogen-bond donors (Lipinski definition) is 2. The van der Waals surface area contributed by atoms with Crippen LogP contribution < -0.4 is 4.18 Å². The highest BCUT2D eigenvalue weighted by molar-refractivity contribution is 7.81. The molecule has 2 aromatic rings. The van der Waals surface area contributed by atoms with E-state index in [1.165, 1.54) is 18.4 Å². The standard InChI is InChI=1S/C15H22.C7H6O6S/c1-11-6-7-12-13(10-11)15(4,5)9-8-14(12,2)3;8-7(9)5-1-3-6(4-2-5)13-14(10,11)12/h6-7,10H,8-9H2,1-5H3;1-4H,(H,8,9)(H,10,11,12). The zero-order valence-electron chi connectivity index (χ0n) is 17.4. The maximum absolute atomic E-state index is 10.4. The summed E-state index contributed by atoms with van der Waals surface area (Å²) in [6.45, 7) is 11.7. The summed E-state index contributed by atoms with van der Waals surface area (Å²) < 4.78 is 32.8. The van der Waals surface area contributed by atoms with Gasteiger partial charge in [0.2, 0.25) is 0 Å². The maximum atomic E-state index is 10.4. The van der Waals surface area contributed by atoms with Crippen LogP contribution in [-0.2, 0) is 21.2 Å². The lowest BCUT2D eigenvalue weighted by Gasteiger charge is -2.42. The van der Waals surface area contributed by atoms with E-state index < -0.39 is 16.4 Å². The molecule has 0 unspecified atom stereocenters. The second kappa shape index (κ2) is 8.16. The van der Waals surface area contributed by atoms with E-state index in [9.17, 15) is 13.2 Å². The van der Waals surface area contributed by atoms with Crippen LogP contribution >= 0.6 is 0 Å². The lowest BCUT2D eigenvalue weighted by atomic mass is 9.63. The van der Waals surface area contributed by atoms with E-state index in [0.29, 0.717) is 10.8 Å². The van der Waals surface area contributed by atoms with Crippen molar-refractivity contribution in [3.63, 3.8) is 0 Å². The molecule has 1 aliphatic rings. The summed E-state index contributed by atoms with van der Waals surface area (Å²) in [7, 11) is -4.56. The fraction of sp³-hybridized carbons (Fsp3) is 0.409. The average Bonchev–Trinajstić information content (AvgIpc) is 2.59. The molecule has 1 aliphatic carbocycles. The Hall–Kier alpha value is -2.38. The Kier molecular flexibility index (Phi) is 6.45. The van der Waals surface area contributed by atoms with E-state index in [0.717, 1.165) is 24.3 Å². The van der Waals surface area contributed by atoms with Crippen molar-refractivity contribution in [2.24, 2.45) is 0 Å². The zero-order valence-corrected chi connectivity index (χ0v) is 18.2. The second-order valence-corrected chi connectivity index (χ2v) is 9.68. The minimum absolute atomic E-state index is 0.00677. The van der Waals surface area contributed by atoms with Gasteiger partial charge in [-0.15, -0.1) is 0 Å². The number of carbonyl (C=O) groups is 1. The van der Waals surface area contributed by atoms with Crippen molar-refractivity contribution in [3.8, 4) is 5.75 Å². The Balaban J connectivity index is 0.000000208. The lowest BCUT2D eigenvalue weighted by molar-refractivity contribution is 0.0697. The minimum atomic E-state index is -4.56. The molecular formula is C22H28O6S. The van der Waals surface area contributed by atoms with Gasteiger partial charge in [0.15, 0.2) is 0 Å². The van der Waals surface area contributed by atoms with Crippen LogP contribution in [0.3, 0.4) is 0 Å². The highest BCUT2D eigenvalue weighted by atomic mass is 32.3. The van der Waals surface area contributed by atoms with Gasteiger partial charge < -0.3 is 9.29 Å². The van der Waals surface area contributed by atoms with E-state index in [2.05, 4.69) is 57.0 Å². The molecule has 3 rings (SSSR count). The van der Waals surface area contributed by atoms with E-state index in [1.54, 1.807) is 11.1 Å². The van der Waals surface area contributed by atoms with Gasteiger partial charge in [0, 0.05) is 0 Å². The van der Waals surface area contributed by atoms with Crippen molar-refractivity contribution in [2.75, 3.05) is 0 Å². The van der Waals surface area contributed by atoms with Gasteiger partial charge in [0.1, 0.15) is 5.75 Å². The van der Waals surface area contributed by atoms with Gasteiger partial charge in [-0.3, -0.25) is 4.55 Å². The Morgan fingerprint density at radius 3 is 1.93 bits per heavy atom. The Bertz CT molecular complexity index is 988. The monoisotopic (exact) mass is 420 g/mol. The molecular weight excluding hydrogens is 392 g/mol. The number of aryl methyl sites for hydroxylation is 1. The molecule has 0 amide bonds. The number of rotatable bonds is 3. The molecule has 2 N–H and O–H groups in total. The number of hydrogen-bond acceptors (Lipinski definition) is 4. The lowest BCUT2D eigenvalue weighted by Crippen LogP contribution is -2.33. The summed E-state index contributed by atoms with van der Waals surface area (Å²) in [4.78, 5) is 10.4. The van der Waals surface area contributed by atoms with Gasteiger partial charge in [-0.25, -0.2) is 4.79 Å². The predicted molar refractivity (Wildman–Crippen MR) is 112 cm³/mol. The highest BCUT2D eigenvalue weighted by Crippen LogP contribution is 2.45. The number of carboxylic acid groups (broad SMARTS) is 1. The first-order valence-electron chi connectivity index (χ1n) is 9.33. The second-order valence-electron chi connectivity index (χ2n) is 8.66. The Morgan fingerprint density at radius 1 is 0.931 bits per heavy atom. The van der Waals surface area contributed by atoms with Crippen LogP contribution in [0, 0.1) is 6.92 Å². The van der Waals surface area contributed by atoms with Crippen LogP contribution in [0.5, 0.6) is 5.75 Å². The summed E-state index contributed by atoms with van der Waals surface area (Å²) >= 11 is 0. The first-order chi connectivity index (χ1) is 13.2. The summed E-state index contributed by atoms with van der Waals surface area (Å²) in [5, 5.41) is 8.50. The van der Waals surface area contributed by atoms with Crippen LogP contribution in [0.2, 0.25) is 0 Å². The smallest absolute Gasteiger partial charge is 0.446 e. The molecule has 0 bridgehead atoms. The van der Waals surface area contributed by atoms with Crippen molar-refractivity contribution in [2.45, 2.75) is 58.3 Å². The molecule has 7 heteroatoms. The molecule has 0 spiro atoms. The summed E-state index contributed by atoms with van der Waals surface area (Å²) in [6, 6.07) is 11.5. The molecule has 0 aromatic heterocycles. The summed E-state index contributed by atoms with van der Waals surface area (Å²) in [6.07, 6.45) is 2.60. The first kappa shape index (κ1) is 22.9. The average molecular weight is 421 g/mol. The SMILES string of the molecule is Cc1ccc2c(c1)C(C)(C)CCC2(C)C.O=C(O)c1ccc(OS(=O)(=O)O)cc1. The van der Waals surface area contributed by atoms with Crippen molar-refractivity contribution in [3.05, 3.63) is 64.7 Å². The molecule has 0 saturated heterocycles. The molecule has 6 nitrogen and oxygen atoms in total. The van der Waals surface area contributed by atoms with Gasteiger partial charge in [0.25, 0.3) is 0 Å². The number of benzene rings is 2. The normalized spacial score (nSPS) is 16.8. The molecule has 0 radical (unpaired) electrons. The molecule has 0 fully saturated rings. The summed E-state index contributed by atoms with van der Waals surface area (Å²) in [5.41, 5.74) is 5.23. The third-order valence-corrected chi connectivity index (χ3v) is 5.71. The molecule has 2 aromatic carbocycles. The van der Waals surface area contributed by atoms with Gasteiger partial charge in [-0.1, -0.05) is 51.5 Å². The zero-order chi connectivity index (χ0) is 22.0. The first-order valence-corrected chi connectivity index (χ1v) is 10.7. The van der Waals surface area contributed by atoms with Crippen molar-refractivity contribution < 1.29 is 27.1 Å². The Morgan fingerprint density at radius 2 is 1.45 bits per heavy atom. The van der Waals surface area contributed by atoms with Gasteiger partial charge >= 0.3 is 16.4 Å². The molecule has 158 valence electrons. The van der Waals surface area contributed by atoms with E-state index in [-0.39, 0.29) is 11.3 Å². The highest BCUT2D eigenvalue weighted by Gasteiger charge is 2.36. The van der Waals surface area contributed by atoms with Crippen LogP contribution in [0.25, 0.3) is 0 Å². The van der Waals surface area contributed by atoms with E-state index in [4.69, 9.17) is 9.66 Å². The minimum Gasteiger partial charge on any atom is -0.478 e. The van der Waals surface area contributed by atoms with Gasteiger partial charge in [-0.05, 0) is 66.0 Å². The quantitative estimate of drug-likeness (QED) is 0.684. The fourth-order valence-corrected chi connectivity index (χ4v) is 3.83.